The number of nitrogen functional groups attached to an aromatic ring is 1. The Hall–Kier alpha value is -1.31. The third-order valence-electron chi connectivity index (χ3n) is 3.12. The first kappa shape index (κ1) is 13.1. The van der Waals surface area contributed by atoms with E-state index in [2.05, 4.69) is 5.10 Å². The van der Waals surface area contributed by atoms with Crippen molar-refractivity contribution in [1.29, 1.82) is 0 Å². The molecule has 1 aliphatic rings. The van der Waals surface area contributed by atoms with Gasteiger partial charge in [-0.3, -0.25) is 0 Å². The number of rotatable bonds is 5. The molecule has 0 bridgehead atoms. The Bertz CT molecular complexity index is 386. The van der Waals surface area contributed by atoms with Crippen LogP contribution in [0, 0.1) is 0 Å². The van der Waals surface area contributed by atoms with E-state index in [1.54, 1.807) is 18.0 Å². The molecule has 7 nitrogen and oxygen atoms in total. The molecule has 0 aliphatic carbocycles. The lowest BCUT2D eigenvalue weighted by atomic mass is 10.3. The number of hydrogen-bond acceptors (Lipinski definition) is 6. The molecule has 2 rings (SSSR count). The third-order valence-corrected chi connectivity index (χ3v) is 3.12. The van der Waals surface area contributed by atoms with Gasteiger partial charge in [-0.15, -0.1) is 0 Å². The van der Waals surface area contributed by atoms with Crippen molar-refractivity contribution in [1.82, 2.24) is 9.78 Å². The van der Waals surface area contributed by atoms with Crippen LogP contribution in [-0.4, -0.2) is 59.0 Å². The van der Waals surface area contributed by atoms with E-state index in [4.69, 9.17) is 10.5 Å². The fourth-order valence-electron chi connectivity index (χ4n) is 2.20. The van der Waals surface area contributed by atoms with Crippen molar-refractivity contribution in [3.8, 4) is 0 Å². The van der Waals surface area contributed by atoms with Crippen LogP contribution < -0.4 is 10.6 Å². The molecule has 7 heteroatoms. The number of aryl methyl sites for hydroxylation is 1. The van der Waals surface area contributed by atoms with E-state index in [1.807, 2.05) is 4.90 Å². The molecule has 0 saturated carbocycles. The summed E-state index contributed by atoms with van der Waals surface area (Å²) in [5.41, 5.74) is 6.46. The Kier molecular flexibility index (Phi) is 4.05. The van der Waals surface area contributed by atoms with Crippen LogP contribution in [0.15, 0.2) is 6.20 Å². The summed E-state index contributed by atoms with van der Waals surface area (Å²) in [5, 5.41) is 23.4. The monoisotopic (exact) mass is 256 g/mol. The number of anilines is 2. The molecule has 4 N–H and O–H groups in total. The minimum absolute atomic E-state index is 0.376. The number of β-amino-alcohol motifs (C(OH)–C–C–N with tert-alkyl or cyclic N) is 2. The molecule has 1 aromatic rings. The van der Waals surface area contributed by atoms with E-state index in [0.29, 0.717) is 31.9 Å². The molecule has 1 saturated heterocycles. The maximum atomic E-state index is 9.58. The van der Waals surface area contributed by atoms with Crippen molar-refractivity contribution >= 4 is 11.5 Å². The molecule has 0 amide bonds. The number of methoxy groups -OCH3 is 1. The van der Waals surface area contributed by atoms with Gasteiger partial charge in [-0.1, -0.05) is 0 Å². The number of hydrogen-bond donors (Lipinski definition) is 3. The highest BCUT2D eigenvalue weighted by atomic mass is 16.5. The first-order valence-corrected chi connectivity index (χ1v) is 6.04. The van der Waals surface area contributed by atoms with Gasteiger partial charge in [-0.25, -0.2) is 4.68 Å². The van der Waals surface area contributed by atoms with Crippen LogP contribution in [-0.2, 0) is 11.3 Å². The zero-order valence-corrected chi connectivity index (χ0v) is 10.5. The highest BCUT2D eigenvalue weighted by Crippen LogP contribution is 2.26. The van der Waals surface area contributed by atoms with Crippen LogP contribution in [0.1, 0.15) is 6.42 Å². The average Bonchev–Trinajstić information content (AvgIpc) is 2.84. The Morgan fingerprint density at radius 2 is 2.11 bits per heavy atom. The van der Waals surface area contributed by atoms with Crippen molar-refractivity contribution in [2.75, 3.05) is 37.4 Å². The number of aromatic nitrogens is 2. The van der Waals surface area contributed by atoms with Gasteiger partial charge >= 0.3 is 0 Å². The molecule has 18 heavy (non-hydrogen) atoms. The summed E-state index contributed by atoms with van der Waals surface area (Å²) in [6.07, 6.45) is 0.974. The molecule has 1 fully saturated rings. The number of ether oxygens (including phenoxy) is 1. The Labute approximate surface area is 106 Å². The molecule has 0 aromatic carbocycles. The fourth-order valence-corrected chi connectivity index (χ4v) is 2.20. The minimum atomic E-state index is -0.730. The van der Waals surface area contributed by atoms with Gasteiger partial charge in [0, 0.05) is 33.4 Å². The highest BCUT2D eigenvalue weighted by Gasteiger charge is 2.32. The second kappa shape index (κ2) is 5.55. The topological polar surface area (TPSA) is 96.8 Å². The molecule has 1 aliphatic heterocycles. The number of aliphatic hydroxyl groups is 2. The minimum Gasteiger partial charge on any atom is -0.394 e. The van der Waals surface area contributed by atoms with E-state index in [-0.39, 0.29) is 0 Å². The normalized spacial score (nSPS) is 23.8. The van der Waals surface area contributed by atoms with Crippen LogP contribution in [0.2, 0.25) is 0 Å². The van der Waals surface area contributed by atoms with Gasteiger partial charge in [-0.05, 0) is 6.42 Å². The summed E-state index contributed by atoms with van der Waals surface area (Å²) in [6, 6.07) is 0. The van der Waals surface area contributed by atoms with Crippen molar-refractivity contribution in [3.05, 3.63) is 6.20 Å². The quantitative estimate of drug-likeness (QED) is 0.587. The lowest BCUT2D eigenvalue weighted by Crippen LogP contribution is -2.25. The molecule has 1 aromatic heterocycles. The van der Waals surface area contributed by atoms with Gasteiger partial charge in [-0.2, -0.15) is 5.10 Å². The summed E-state index contributed by atoms with van der Waals surface area (Å²) >= 11 is 0. The van der Waals surface area contributed by atoms with Gasteiger partial charge in [0.05, 0.1) is 24.1 Å². The Balaban J connectivity index is 2.09. The van der Waals surface area contributed by atoms with E-state index in [0.717, 1.165) is 12.2 Å². The fraction of sp³-hybridized carbons (Fsp3) is 0.727. The SMILES string of the molecule is COCCCn1ncc(N)c1N1CC(O)C(O)C1. The number of nitrogens with zero attached hydrogens (tertiary/aromatic N) is 3. The zero-order chi connectivity index (χ0) is 13.1. The Morgan fingerprint density at radius 3 is 2.72 bits per heavy atom. The summed E-state index contributed by atoms with van der Waals surface area (Å²) in [7, 11) is 1.66. The first-order chi connectivity index (χ1) is 8.63. The van der Waals surface area contributed by atoms with Gasteiger partial charge in [0.25, 0.3) is 0 Å². The molecule has 0 spiro atoms. The van der Waals surface area contributed by atoms with Crippen LogP contribution in [0.25, 0.3) is 0 Å². The predicted octanol–water partition coefficient (Wildman–Crippen LogP) is -0.956. The number of aliphatic hydroxyl groups excluding tert-OH is 2. The van der Waals surface area contributed by atoms with Gasteiger partial charge < -0.3 is 25.6 Å². The van der Waals surface area contributed by atoms with Gasteiger partial charge in [0.2, 0.25) is 0 Å². The second-order valence-electron chi connectivity index (χ2n) is 4.53. The summed E-state index contributed by atoms with van der Waals surface area (Å²) < 4.78 is 6.79. The maximum Gasteiger partial charge on any atom is 0.150 e. The molecular weight excluding hydrogens is 236 g/mol. The largest absolute Gasteiger partial charge is 0.394 e. The van der Waals surface area contributed by atoms with Gasteiger partial charge in [0.1, 0.15) is 0 Å². The molecular formula is C11H20N4O3. The molecule has 2 heterocycles. The van der Waals surface area contributed by atoms with Crippen LogP contribution in [0.5, 0.6) is 0 Å². The lowest BCUT2D eigenvalue weighted by molar-refractivity contribution is 0.0572. The van der Waals surface area contributed by atoms with E-state index in [1.165, 1.54) is 0 Å². The van der Waals surface area contributed by atoms with Crippen molar-refractivity contribution in [3.63, 3.8) is 0 Å². The van der Waals surface area contributed by atoms with Crippen molar-refractivity contribution in [2.45, 2.75) is 25.2 Å². The van der Waals surface area contributed by atoms with E-state index < -0.39 is 12.2 Å². The van der Waals surface area contributed by atoms with Crippen LogP contribution in [0.3, 0.4) is 0 Å². The third kappa shape index (κ3) is 2.58. The van der Waals surface area contributed by atoms with Crippen LogP contribution >= 0.6 is 0 Å². The van der Waals surface area contributed by atoms with E-state index >= 15 is 0 Å². The first-order valence-electron chi connectivity index (χ1n) is 6.04. The summed E-state index contributed by atoms with van der Waals surface area (Å²) in [6.45, 7) is 2.11. The summed E-state index contributed by atoms with van der Waals surface area (Å²) in [5.74, 6) is 0.765. The molecule has 0 radical (unpaired) electrons. The Morgan fingerprint density at radius 1 is 1.44 bits per heavy atom. The molecule has 102 valence electrons. The number of nitrogens with two attached hydrogens (primary N) is 1. The van der Waals surface area contributed by atoms with Crippen molar-refractivity contribution in [2.24, 2.45) is 0 Å². The standard InChI is InChI=1S/C11H20N4O3/c1-18-4-2-3-15-11(8(12)5-13-15)14-6-9(16)10(17)7-14/h5,9-10,16-17H,2-4,6-7,12H2,1H3. The molecule has 2 unspecified atom stereocenters. The molecule has 2 atom stereocenters. The second-order valence-corrected chi connectivity index (χ2v) is 4.53. The van der Waals surface area contributed by atoms with E-state index in [9.17, 15) is 10.2 Å². The van der Waals surface area contributed by atoms with Gasteiger partial charge in [0.15, 0.2) is 5.82 Å². The maximum absolute atomic E-state index is 9.58. The summed E-state index contributed by atoms with van der Waals surface area (Å²) in [4.78, 5) is 1.87. The van der Waals surface area contributed by atoms with Crippen LogP contribution in [0.4, 0.5) is 11.5 Å². The highest BCUT2D eigenvalue weighted by molar-refractivity contribution is 5.63. The zero-order valence-electron chi connectivity index (χ0n) is 10.5. The lowest BCUT2D eigenvalue weighted by Gasteiger charge is -2.19. The predicted molar refractivity (Wildman–Crippen MR) is 67.4 cm³/mol. The average molecular weight is 256 g/mol. The smallest absolute Gasteiger partial charge is 0.150 e. The van der Waals surface area contributed by atoms with Crippen molar-refractivity contribution < 1.29 is 14.9 Å².